The molecule has 3 rings (SSSR count). The van der Waals surface area contributed by atoms with Crippen LogP contribution in [0.3, 0.4) is 0 Å². The summed E-state index contributed by atoms with van der Waals surface area (Å²) in [6.45, 7) is 0.380. The zero-order chi connectivity index (χ0) is 19.2. The third-order valence-corrected chi connectivity index (χ3v) is 4.71. The highest BCUT2D eigenvalue weighted by Gasteiger charge is 2.12. The average Bonchev–Trinajstić information content (AvgIpc) is 2.66. The molecule has 0 radical (unpaired) electrons. The van der Waals surface area contributed by atoms with Crippen LogP contribution in [0.5, 0.6) is 5.75 Å². The fraction of sp³-hybridized carbons (Fsp3) is 0.211. The van der Waals surface area contributed by atoms with Gasteiger partial charge in [0.2, 0.25) is 0 Å². The summed E-state index contributed by atoms with van der Waals surface area (Å²) in [5.74, 6) is -0.271. The summed E-state index contributed by atoms with van der Waals surface area (Å²) in [6.07, 6.45) is -0.167. The van der Waals surface area contributed by atoms with E-state index in [4.69, 9.17) is 9.84 Å². The molecular formula is C19H17FN2O4S. The lowest BCUT2D eigenvalue weighted by Crippen LogP contribution is -2.24. The number of carboxylic acids is 1. The summed E-state index contributed by atoms with van der Waals surface area (Å²) in [7, 11) is 0. The van der Waals surface area contributed by atoms with Gasteiger partial charge in [-0.2, -0.15) is 0 Å². The number of fused-ring (bicyclic) bond motifs is 1. The van der Waals surface area contributed by atoms with Crippen molar-refractivity contribution < 1.29 is 19.0 Å². The molecule has 6 nitrogen and oxygen atoms in total. The maximum absolute atomic E-state index is 12.9. The van der Waals surface area contributed by atoms with E-state index < -0.39 is 5.97 Å². The Morgan fingerprint density at radius 3 is 2.67 bits per heavy atom. The number of thioether (sulfide) groups is 1. The smallest absolute Gasteiger partial charge is 0.305 e. The quantitative estimate of drug-likeness (QED) is 0.363. The van der Waals surface area contributed by atoms with Crippen LogP contribution in [0.25, 0.3) is 10.9 Å². The molecule has 0 fully saturated rings. The Morgan fingerprint density at radius 1 is 1.19 bits per heavy atom. The molecule has 0 unspecified atom stereocenters. The van der Waals surface area contributed by atoms with E-state index >= 15 is 0 Å². The lowest BCUT2D eigenvalue weighted by molar-refractivity contribution is -0.137. The van der Waals surface area contributed by atoms with E-state index in [1.807, 2.05) is 0 Å². The van der Waals surface area contributed by atoms with Crippen molar-refractivity contribution >= 4 is 28.6 Å². The van der Waals surface area contributed by atoms with Crippen molar-refractivity contribution in [2.24, 2.45) is 0 Å². The van der Waals surface area contributed by atoms with Crippen molar-refractivity contribution in [3.63, 3.8) is 0 Å². The van der Waals surface area contributed by atoms with Gasteiger partial charge in [-0.05, 0) is 36.4 Å². The zero-order valence-corrected chi connectivity index (χ0v) is 15.1. The summed E-state index contributed by atoms with van der Waals surface area (Å²) < 4.78 is 19.8. The molecular weight excluding hydrogens is 371 g/mol. The van der Waals surface area contributed by atoms with Crippen LogP contribution in [0.1, 0.15) is 6.42 Å². The van der Waals surface area contributed by atoms with E-state index in [0.717, 1.165) is 0 Å². The van der Waals surface area contributed by atoms with Crippen molar-refractivity contribution in [1.29, 1.82) is 0 Å². The molecule has 8 heteroatoms. The van der Waals surface area contributed by atoms with E-state index in [0.29, 0.717) is 34.2 Å². The first kappa shape index (κ1) is 18.9. The Balaban J connectivity index is 1.75. The van der Waals surface area contributed by atoms with Crippen LogP contribution in [-0.2, 0) is 11.3 Å². The predicted octanol–water partition coefficient (Wildman–Crippen LogP) is 3.18. The van der Waals surface area contributed by atoms with Gasteiger partial charge in [0, 0.05) is 12.3 Å². The number of rotatable bonds is 8. The first-order valence-corrected chi connectivity index (χ1v) is 9.25. The monoisotopic (exact) mass is 388 g/mol. The Bertz CT molecular complexity index is 1000. The van der Waals surface area contributed by atoms with Gasteiger partial charge in [-0.25, -0.2) is 9.37 Å². The number of hydrogen-bond donors (Lipinski definition) is 1. The maximum Gasteiger partial charge on any atom is 0.305 e. The minimum absolute atomic E-state index is 0.0488. The summed E-state index contributed by atoms with van der Waals surface area (Å²) in [4.78, 5) is 28.1. The van der Waals surface area contributed by atoms with E-state index in [-0.39, 0.29) is 24.3 Å². The summed E-state index contributed by atoms with van der Waals surface area (Å²) in [5, 5.41) is 9.84. The van der Waals surface area contributed by atoms with E-state index in [9.17, 15) is 14.0 Å². The number of ether oxygens (including phenoxy) is 1. The first-order chi connectivity index (χ1) is 13.0. The molecule has 0 bridgehead atoms. The lowest BCUT2D eigenvalue weighted by Gasteiger charge is -2.12. The lowest BCUT2D eigenvalue weighted by atomic mass is 10.2. The average molecular weight is 388 g/mol. The van der Waals surface area contributed by atoms with Crippen LogP contribution in [0.15, 0.2) is 58.5 Å². The van der Waals surface area contributed by atoms with Crippen LogP contribution in [0.2, 0.25) is 0 Å². The van der Waals surface area contributed by atoms with Crippen molar-refractivity contribution in [1.82, 2.24) is 9.55 Å². The Kier molecular flexibility index (Phi) is 6.08. The van der Waals surface area contributed by atoms with Gasteiger partial charge in [0.05, 0.1) is 23.9 Å². The molecule has 3 aromatic rings. The number of aromatic nitrogens is 2. The highest BCUT2D eigenvalue weighted by molar-refractivity contribution is 7.99. The normalized spacial score (nSPS) is 10.9. The third kappa shape index (κ3) is 4.85. The molecule has 0 aliphatic heterocycles. The van der Waals surface area contributed by atoms with Crippen molar-refractivity contribution in [3.8, 4) is 5.75 Å². The van der Waals surface area contributed by atoms with E-state index in [2.05, 4.69) is 4.98 Å². The molecule has 2 aromatic carbocycles. The van der Waals surface area contributed by atoms with Crippen LogP contribution in [-0.4, -0.2) is 33.0 Å². The number of para-hydroxylation sites is 1. The number of aliphatic carboxylic acids is 1. The van der Waals surface area contributed by atoms with Crippen molar-refractivity contribution in [2.75, 3.05) is 12.4 Å². The number of halogens is 1. The summed E-state index contributed by atoms with van der Waals surface area (Å²) >= 11 is 1.31. The van der Waals surface area contributed by atoms with Crippen molar-refractivity contribution in [2.45, 2.75) is 18.1 Å². The first-order valence-electron chi connectivity index (χ1n) is 8.27. The minimum atomic E-state index is -0.981. The maximum atomic E-state index is 12.9. The number of hydrogen-bond acceptors (Lipinski definition) is 5. The Labute approximate surface area is 158 Å². The number of benzene rings is 2. The van der Waals surface area contributed by atoms with Crippen LogP contribution >= 0.6 is 11.8 Å². The summed E-state index contributed by atoms with van der Waals surface area (Å²) in [5.41, 5.74) is 0.305. The zero-order valence-electron chi connectivity index (χ0n) is 14.3. The Hall–Kier alpha value is -2.87. The van der Waals surface area contributed by atoms with Gasteiger partial charge in [-0.3, -0.25) is 14.2 Å². The fourth-order valence-electron chi connectivity index (χ4n) is 2.49. The molecule has 1 N–H and O–H groups in total. The van der Waals surface area contributed by atoms with E-state index in [1.54, 1.807) is 24.3 Å². The molecule has 0 saturated carbocycles. The molecule has 0 atom stereocenters. The van der Waals surface area contributed by atoms with Gasteiger partial charge in [-0.1, -0.05) is 23.9 Å². The molecule has 140 valence electrons. The third-order valence-electron chi connectivity index (χ3n) is 3.77. The molecule has 0 amide bonds. The van der Waals surface area contributed by atoms with E-state index in [1.165, 1.54) is 40.6 Å². The minimum Gasteiger partial charge on any atom is -0.493 e. The van der Waals surface area contributed by atoms with Gasteiger partial charge in [0.1, 0.15) is 11.6 Å². The number of carboxylic acid groups (broad SMARTS) is 1. The van der Waals surface area contributed by atoms with Gasteiger partial charge in [0.25, 0.3) is 5.56 Å². The molecule has 27 heavy (non-hydrogen) atoms. The SMILES string of the molecule is O=C(O)CCn1c(SCCOc2ccc(F)cc2)nc2ccccc2c1=O. The predicted molar refractivity (Wildman–Crippen MR) is 101 cm³/mol. The summed E-state index contributed by atoms with van der Waals surface area (Å²) in [6, 6.07) is 12.7. The molecule has 1 aromatic heterocycles. The second-order valence-electron chi connectivity index (χ2n) is 5.66. The van der Waals surface area contributed by atoms with Gasteiger partial charge < -0.3 is 9.84 Å². The van der Waals surface area contributed by atoms with Gasteiger partial charge in [-0.15, -0.1) is 0 Å². The van der Waals surface area contributed by atoms with Crippen LogP contribution < -0.4 is 10.3 Å². The van der Waals surface area contributed by atoms with Crippen molar-refractivity contribution in [3.05, 3.63) is 64.7 Å². The largest absolute Gasteiger partial charge is 0.493 e. The Morgan fingerprint density at radius 2 is 1.93 bits per heavy atom. The molecule has 1 heterocycles. The highest BCUT2D eigenvalue weighted by atomic mass is 32.2. The highest BCUT2D eigenvalue weighted by Crippen LogP contribution is 2.19. The topological polar surface area (TPSA) is 81.4 Å². The number of nitrogens with zero attached hydrogens (tertiary/aromatic N) is 2. The molecule has 0 saturated heterocycles. The second-order valence-corrected chi connectivity index (χ2v) is 6.72. The molecule has 0 spiro atoms. The van der Waals surface area contributed by atoms with Crippen LogP contribution in [0, 0.1) is 5.82 Å². The second kappa shape index (κ2) is 8.68. The number of carbonyl (C=O) groups is 1. The molecule has 0 aliphatic rings. The fourth-order valence-corrected chi connectivity index (χ4v) is 3.33. The molecule has 0 aliphatic carbocycles. The van der Waals surface area contributed by atoms with Gasteiger partial charge >= 0.3 is 5.97 Å². The standard InChI is InChI=1S/C19H17FN2O4S/c20-13-5-7-14(8-6-13)26-11-12-27-19-21-16-4-2-1-3-15(16)18(25)22(19)10-9-17(23)24/h1-8H,9-12H2,(H,23,24). The van der Waals surface area contributed by atoms with Crippen LogP contribution in [0.4, 0.5) is 4.39 Å². The van der Waals surface area contributed by atoms with Gasteiger partial charge in [0.15, 0.2) is 5.16 Å².